The third kappa shape index (κ3) is 3.47. The number of thiazole rings is 1. The van der Waals surface area contributed by atoms with Crippen LogP contribution in [-0.4, -0.2) is 10.9 Å². The van der Waals surface area contributed by atoms with E-state index in [0.29, 0.717) is 10.4 Å². The molecule has 1 amide bonds. The van der Waals surface area contributed by atoms with E-state index in [1.54, 1.807) is 0 Å². The fourth-order valence-corrected chi connectivity index (χ4v) is 2.07. The zero-order valence-electron chi connectivity index (χ0n) is 10.1. The first kappa shape index (κ1) is 14.3. The van der Waals surface area contributed by atoms with E-state index < -0.39 is 11.7 Å². The third-order valence-corrected chi connectivity index (χ3v) is 3.31. The number of nitrogens with zero attached hydrogens (tertiary/aromatic N) is 1. The molecule has 0 fully saturated rings. The molecular formula is C12H10F3N3OS. The minimum atomic E-state index is -4.36. The molecule has 4 nitrogen and oxygen atoms in total. The fraction of sp³-hybridized carbons (Fsp3) is 0.167. The van der Waals surface area contributed by atoms with Crippen molar-refractivity contribution in [3.63, 3.8) is 0 Å². The number of aromatic nitrogens is 1. The highest BCUT2D eigenvalue weighted by Gasteiger charge is 2.29. The quantitative estimate of drug-likeness (QED) is 0.916. The van der Waals surface area contributed by atoms with Crippen molar-refractivity contribution in [2.45, 2.75) is 12.7 Å². The fourth-order valence-electron chi connectivity index (χ4n) is 1.47. The number of nitrogen functional groups attached to an aromatic ring is 1. The van der Waals surface area contributed by atoms with Gasteiger partial charge in [0, 0.05) is 6.54 Å². The second kappa shape index (κ2) is 5.49. The van der Waals surface area contributed by atoms with E-state index >= 15 is 0 Å². The molecule has 0 atom stereocenters. The Morgan fingerprint density at radius 3 is 2.45 bits per heavy atom. The lowest BCUT2D eigenvalue weighted by molar-refractivity contribution is -0.137. The van der Waals surface area contributed by atoms with Gasteiger partial charge in [0.15, 0.2) is 5.13 Å². The van der Waals surface area contributed by atoms with Crippen LogP contribution in [0.1, 0.15) is 20.8 Å². The van der Waals surface area contributed by atoms with Gasteiger partial charge in [-0.25, -0.2) is 4.98 Å². The molecule has 20 heavy (non-hydrogen) atoms. The van der Waals surface area contributed by atoms with Crippen molar-refractivity contribution in [1.29, 1.82) is 0 Å². The number of hydrogen-bond donors (Lipinski definition) is 2. The number of rotatable bonds is 3. The van der Waals surface area contributed by atoms with Crippen LogP contribution in [0.15, 0.2) is 30.5 Å². The number of nitrogens with one attached hydrogen (secondary N) is 1. The van der Waals surface area contributed by atoms with Gasteiger partial charge in [-0.15, -0.1) is 0 Å². The number of anilines is 1. The summed E-state index contributed by atoms with van der Waals surface area (Å²) in [6.45, 7) is 0.134. The highest BCUT2D eigenvalue weighted by atomic mass is 32.1. The average Bonchev–Trinajstić information content (AvgIpc) is 2.82. The van der Waals surface area contributed by atoms with Gasteiger partial charge >= 0.3 is 6.18 Å². The molecule has 0 aliphatic rings. The Morgan fingerprint density at radius 2 is 1.95 bits per heavy atom. The van der Waals surface area contributed by atoms with Gasteiger partial charge in [-0.1, -0.05) is 23.5 Å². The number of nitrogens with two attached hydrogens (primary N) is 1. The Bertz CT molecular complexity index is 607. The molecule has 8 heteroatoms. The van der Waals surface area contributed by atoms with Gasteiger partial charge in [-0.05, 0) is 17.7 Å². The standard InChI is InChI=1S/C12H10F3N3OS/c13-12(14,15)8-3-1-7(2-4-8)5-17-10(19)9-6-18-11(16)20-9/h1-4,6H,5H2,(H2,16,18)(H,17,19). The van der Waals surface area contributed by atoms with Gasteiger partial charge < -0.3 is 11.1 Å². The molecule has 0 radical (unpaired) electrons. The van der Waals surface area contributed by atoms with Gasteiger partial charge in [-0.3, -0.25) is 4.79 Å². The molecule has 0 saturated heterocycles. The van der Waals surface area contributed by atoms with E-state index in [9.17, 15) is 18.0 Å². The molecule has 1 heterocycles. The van der Waals surface area contributed by atoms with Gasteiger partial charge in [-0.2, -0.15) is 13.2 Å². The number of hydrogen-bond acceptors (Lipinski definition) is 4. The molecular weight excluding hydrogens is 291 g/mol. The Balaban J connectivity index is 1.96. The molecule has 3 N–H and O–H groups in total. The Labute approximate surface area is 116 Å². The molecule has 0 saturated carbocycles. The monoisotopic (exact) mass is 301 g/mol. The lowest BCUT2D eigenvalue weighted by Crippen LogP contribution is -2.21. The first-order valence-electron chi connectivity index (χ1n) is 5.52. The summed E-state index contributed by atoms with van der Waals surface area (Å²) >= 11 is 1.04. The molecule has 1 aromatic heterocycles. The van der Waals surface area contributed by atoms with E-state index in [1.807, 2.05) is 0 Å². The molecule has 2 rings (SSSR count). The second-order valence-electron chi connectivity index (χ2n) is 3.94. The minimum Gasteiger partial charge on any atom is -0.375 e. The van der Waals surface area contributed by atoms with Crippen molar-refractivity contribution in [2.24, 2.45) is 0 Å². The van der Waals surface area contributed by atoms with Crippen LogP contribution < -0.4 is 11.1 Å². The van der Waals surface area contributed by atoms with E-state index in [-0.39, 0.29) is 17.6 Å². The second-order valence-corrected chi connectivity index (χ2v) is 5.00. The summed E-state index contributed by atoms with van der Waals surface area (Å²) in [7, 11) is 0. The smallest absolute Gasteiger partial charge is 0.375 e. The van der Waals surface area contributed by atoms with Crippen molar-refractivity contribution in [2.75, 3.05) is 5.73 Å². The minimum absolute atomic E-state index is 0.134. The maximum Gasteiger partial charge on any atom is 0.416 e. The number of alkyl halides is 3. The van der Waals surface area contributed by atoms with E-state index in [4.69, 9.17) is 5.73 Å². The normalized spacial score (nSPS) is 11.3. The number of carbonyl (C=O) groups is 1. The van der Waals surface area contributed by atoms with Crippen LogP contribution in [0, 0.1) is 0 Å². The molecule has 0 spiro atoms. The third-order valence-electron chi connectivity index (χ3n) is 2.48. The number of carbonyl (C=O) groups excluding carboxylic acids is 1. The van der Waals surface area contributed by atoms with Crippen LogP contribution in [0.4, 0.5) is 18.3 Å². The number of benzene rings is 1. The van der Waals surface area contributed by atoms with Crippen LogP contribution in [0.2, 0.25) is 0 Å². The largest absolute Gasteiger partial charge is 0.416 e. The Hall–Kier alpha value is -2.09. The zero-order valence-corrected chi connectivity index (χ0v) is 10.9. The maximum absolute atomic E-state index is 12.4. The van der Waals surface area contributed by atoms with Gasteiger partial charge in [0.2, 0.25) is 0 Å². The van der Waals surface area contributed by atoms with Crippen LogP contribution >= 0.6 is 11.3 Å². The van der Waals surface area contributed by atoms with E-state index in [2.05, 4.69) is 10.3 Å². The summed E-state index contributed by atoms with van der Waals surface area (Å²) in [5.41, 5.74) is 5.26. The summed E-state index contributed by atoms with van der Waals surface area (Å²) in [6.07, 6.45) is -3.01. The van der Waals surface area contributed by atoms with Crippen LogP contribution in [0.3, 0.4) is 0 Å². The molecule has 0 unspecified atom stereocenters. The Kier molecular flexibility index (Phi) is 3.93. The van der Waals surface area contributed by atoms with Crippen molar-refractivity contribution < 1.29 is 18.0 Å². The lowest BCUT2D eigenvalue weighted by Gasteiger charge is -2.08. The van der Waals surface area contributed by atoms with Crippen LogP contribution in [0.25, 0.3) is 0 Å². The predicted octanol–water partition coefficient (Wildman–Crippen LogP) is 2.67. The molecule has 1 aromatic carbocycles. The van der Waals surface area contributed by atoms with Crippen molar-refractivity contribution in [3.05, 3.63) is 46.5 Å². The van der Waals surface area contributed by atoms with E-state index in [0.717, 1.165) is 23.5 Å². The molecule has 2 aromatic rings. The molecule has 0 bridgehead atoms. The number of halogens is 3. The highest BCUT2D eigenvalue weighted by Crippen LogP contribution is 2.29. The average molecular weight is 301 g/mol. The lowest BCUT2D eigenvalue weighted by atomic mass is 10.1. The van der Waals surface area contributed by atoms with Crippen molar-refractivity contribution in [1.82, 2.24) is 10.3 Å². The summed E-state index contributed by atoms with van der Waals surface area (Å²) in [5, 5.41) is 2.86. The molecule has 106 valence electrons. The van der Waals surface area contributed by atoms with Gasteiger partial charge in [0.05, 0.1) is 11.8 Å². The molecule has 0 aliphatic carbocycles. The van der Waals surface area contributed by atoms with Gasteiger partial charge in [0.1, 0.15) is 4.88 Å². The number of amides is 1. The first-order valence-corrected chi connectivity index (χ1v) is 6.33. The first-order chi connectivity index (χ1) is 9.36. The van der Waals surface area contributed by atoms with Crippen molar-refractivity contribution >= 4 is 22.4 Å². The van der Waals surface area contributed by atoms with Crippen LogP contribution in [0.5, 0.6) is 0 Å². The zero-order chi connectivity index (χ0) is 14.8. The van der Waals surface area contributed by atoms with Crippen molar-refractivity contribution in [3.8, 4) is 0 Å². The summed E-state index contributed by atoms with van der Waals surface area (Å²) in [4.78, 5) is 15.8. The summed E-state index contributed by atoms with van der Waals surface area (Å²) in [5.74, 6) is -0.362. The van der Waals surface area contributed by atoms with E-state index in [1.165, 1.54) is 18.3 Å². The summed E-state index contributed by atoms with van der Waals surface area (Å²) < 4.78 is 37.1. The predicted molar refractivity (Wildman–Crippen MR) is 69.1 cm³/mol. The summed E-state index contributed by atoms with van der Waals surface area (Å²) in [6, 6.07) is 4.60. The highest BCUT2D eigenvalue weighted by molar-refractivity contribution is 7.17. The van der Waals surface area contributed by atoms with Crippen LogP contribution in [-0.2, 0) is 12.7 Å². The van der Waals surface area contributed by atoms with Gasteiger partial charge in [0.25, 0.3) is 5.91 Å². The topological polar surface area (TPSA) is 68.0 Å². The maximum atomic E-state index is 12.4. The molecule has 0 aliphatic heterocycles. The Morgan fingerprint density at radius 1 is 1.30 bits per heavy atom. The SMILES string of the molecule is Nc1ncc(C(=O)NCc2ccc(C(F)(F)F)cc2)s1.